The highest BCUT2D eigenvalue weighted by atomic mass is 35.5. The third-order valence-electron chi connectivity index (χ3n) is 3.17. The van der Waals surface area contributed by atoms with E-state index in [0.29, 0.717) is 13.0 Å². The van der Waals surface area contributed by atoms with Crippen LogP contribution in [0.5, 0.6) is 5.75 Å². The van der Waals surface area contributed by atoms with E-state index in [1.807, 2.05) is 38.2 Å². The van der Waals surface area contributed by atoms with E-state index < -0.39 is 0 Å². The van der Waals surface area contributed by atoms with Crippen LogP contribution in [0.1, 0.15) is 31.4 Å². The van der Waals surface area contributed by atoms with Crippen molar-refractivity contribution in [3.05, 3.63) is 29.8 Å². The zero-order valence-electron chi connectivity index (χ0n) is 11.8. The molecule has 0 saturated heterocycles. The molecule has 108 valence electrons. The first-order chi connectivity index (χ1) is 8.60. The summed E-state index contributed by atoms with van der Waals surface area (Å²) >= 11 is 0. The molecular formula is C14H23ClN2O2. The molecule has 0 saturated carbocycles. The molecule has 2 N–H and O–H groups in total. The lowest BCUT2D eigenvalue weighted by Gasteiger charge is -2.25. The van der Waals surface area contributed by atoms with Crippen LogP contribution in [0.2, 0.25) is 0 Å². The summed E-state index contributed by atoms with van der Waals surface area (Å²) in [5.41, 5.74) is 6.51. The number of carbonyl (C=O) groups is 1. The minimum atomic E-state index is 0. The van der Waals surface area contributed by atoms with Crippen molar-refractivity contribution in [2.75, 3.05) is 20.7 Å². The van der Waals surface area contributed by atoms with Gasteiger partial charge in [0.05, 0.1) is 13.2 Å². The highest BCUT2D eigenvalue weighted by Gasteiger charge is 2.16. The van der Waals surface area contributed by atoms with Gasteiger partial charge in [0.15, 0.2) is 0 Å². The van der Waals surface area contributed by atoms with Gasteiger partial charge in [-0.15, -0.1) is 12.4 Å². The number of methoxy groups -OCH3 is 1. The van der Waals surface area contributed by atoms with Crippen molar-refractivity contribution in [2.45, 2.75) is 25.8 Å². The van der Waals surface area contributed by atoms with Crippen LogP contribution in [0, 0.1) is 0 Å². The van der Waals surface area contributed by atoms with Gasteiger partial charge in [-0.2, -0.15) is 0 Å². The van der Waals surface area contributed by atoms with Gasteiger partial charge >= 0.3 is 0 Å². The van der Waals surface area contributed by atoms with Gasteiger partial charge in [0.2, 0.25) is 5.91 Å². The van der Waals surface area contributed by atoms with Crippen molar-refractivity contribution in [1.29, 1.82) is 0 Å². The topological polar surface area (TPSA) is 55.6 Å². The molecule has 4 nitrogen and oxygen atoms in total. The molecular weight excluding hydrogens is 264 g/mol. The Balaban J connectivity index is 0.00000324. The van der Waals surface area contributed by atoms with E-state index in [9.17, 15) is 4.79 Å². The maximum atomic E-state index is 11.9. The maximum absolute atomic E-state index is 11.9. The van der Waals surface area contributed by atoms with Crippen molar-refractivity contribution in [3.63, 3.8) is 0 Å². The van der Waals surface area contributed by atoms with Crippen LogP contribution >= 0.6 is 12.4 Å². The van der Waals surface area contributed by atoms with E-state index in [-0.39, 0.29) is 24.4 Å². The highest BCUT2D eigenvalue weighted by molar-refractivity contribution is 5.85. The first-order valence-electron chi connectivity index (χ1n) is 6.19. The third kappa shape index (κ3) is 5.09. The number of hydrogen-bond acceptors (Lipinski definition) is 3. The molecule has 0 spiro atoms. The quantitative estimate of drug-likeness (QED) is 0.873. The summed E-state index contributed by atoms with van der Waals surface area (Å²) < 4.78 is 5.12. The number of halogens is 1. The van der Waals surface area contributed by atoms with E-state index in [1.54, 1.807) is 12.0 Å². The SMILES string of the molecule is COc1ccc(C(C)N(C)C(=O)CCCN)cc1.Cl. The van der Waals surface area contributed by atoms with Gasteiger partial charge in [-0.05, 0) is 37.6 Å². The Morgan fingerprint density at radius 1 is 1.37 bits per heavy atom. The van der Waals surface area contributed by atoms with E-state index in [1.165, 1.54) is 0 Å². The molecule has 1 aromatic rings. The molecule has 0 aliphatic carbocycles. The highest BCUT2D eigenvalue weighted by Crippen LogP contribution is 2.22. The lowest BCUT2D eigenvalue weighted by Crippen LogP contribution is -2.29. The summed E-state index contributed by atoms with van der Waals surface area (Å²) in [6, 6.07) is 7.83. The van der Waals surface area contributed by atoms with Gasteiger partial charge in [-0.25, -0.2) is 0 Å². The Kier molecular flexibility index (Phi) is 8.19. The molecule has 1 amide bonds. The van der Waals surface area contributed by atoms with Crippen molar-refractivity contribution >= 4 is 18.3 Å². The minimum Gasteiger partial charge on any atom is -0.497 e. The van der Waals surface area contributed by atoms with Crippen LogP contribution in [0.15, 0.2) is 24.3 Å². The lowest BCUT2D eigenvalue weighted by atomic mass is 10.1. The number of amides is 1. The predicted molar refractivity (Wildman–Crippen MR) is 79.7 cm³/mol. The van der Waals surface area contributed by atoms with Crippen LogP contribution in [0.3, 0.4) is 0 Å². The molecule has 0 aromatic heterocycles. The van der Waals surface area contributed by atoms with Crippen LogP contribution in [0.25, 0.3) is 0 Å². The molecule has 1 unspecified atom stereocenters. The average Bonchev–Trinajstić information content (AvgIpc) is 2.43. The molecule has 1 rings (SSSR count). The molecule has 0 fully saturated rings. The Morgan fingerprint density at radius 3 is 2.42 bits per heavy atom. The molecule has 0 aliphatic heterocycles. The molecule has 0 aliphatic rings. The first-order valence-corrected chi connectivity index (χ1v) is 6.19. The molecule has 0 bridgehead atoms. The van der Waals surface area contributed by atoms with Crippen molar-refractivity contribution < 1.29 is 9.53 Å². The Hall–Kier alpha value is -1.26. The van der Waals surface area contributed by atoms with E-state index in [4.69, 9.17) is 10.5 Å². The number of rotatable bonds is 6. The zero-order valence-corrected chi connectivity index (χ0v) is 12.6. The Morgan fingerprint density at radius 2 is 1.95 bits per heavy atom. The number of nitrogens with zero attached hydrogens (tertiary/aromatic N) is 1. The molecule has 1 aromatic carbocycles. The number of nitrogens with two attached hydrogens (primary N) is 1. The van der Waals surface area contributed by atoms with Gasteiger partial charge in [0, 0.05) is 13.5 Å². The summed E-state index contributed by atoms with van der Waals surface area (Å²) in [6.07, 6.45) is 1.24. The molecule has 1 atom stereocenters. The van der Waals surface area contributed by atoms with Crippen LogP contribution in [-0.4, -0.2) is 31.5 Å². The van der Waals surface area contributed by atoms with E-state index in [0.717, 1.165) is 17.7 Å². The zero-order chi connectivity index (χ0) is 13.5. The van der Waals surface area contributed by atoms with E-state index >= 15 is 0 Å². The van der Waals surface area contributed by atoms with Crippen LogP contribution in [-0.2, 0) is 4.79 Å². The second-order valence-electron chi connectivity index (χ2n) is 4.35. The molecule has 19 heavy (non-hydrogen) atoms. The second-order valence-corrected chi connectivity index (χ2v) is 4.35. The van der Waals surface area contributed by atoms with Crippen LogP contribution < -0.4 is 10.5 Å². The summed E-state index contributed by atoms with van der Waals surface area (Å²) in [5, 5.41) is 0. The van der Waals surface area contributed by atoms with E-state index in [2.05, 4.69) is 0 Å². The standard InChI is InChI=1S/C14H22N2O2.ClH/c1-11(16(2)14(17)5-4-10-15)12-6-8-13(18-3)9-7-12;/h6-9,11H,4-5,10,15H2,1-3H3;1H. The summed E-state index contributed by atoms with van der Waals surface area (Å²) in [6.45, 7) is 2.57. The number of carbonyl (C=O) groups excluding carboxylic acids is 1. The fraction of sp³-hybridized carbons (Fsp3) is 0.500. The number of hydrogen-bond donors (Lipinski definition) is 1. The number of ether oxygens (including phenoxy) is 1. The lowest BCUT2D eigenvalue weighted by molar-refractivity contribution is -0.131. The van der Waals surface area contributed by atoms with Gasteiger partial charge < -0.3 is 15.4 Å². The van der Waals surface area contributed by atoms with Crippen molar-refractivity contribution in [2.24, 2.45) is 5.73 Å². The summed E-state index contributed by atoms with van der Waals surface area (Å²) in [4.78, 5) is 13.6. The summed E-state index contributed by atoms with van der Waals surface area (Å²) in [5.74, 6) is 0.951. The van der Waals surface area contributed by atoms with Gasteiger partial charge in [-0.1, -0.05) is 12.1 Å². The third-order valence-corrected chi connectivity index (χ3v) is 3.17. The first kappa shape index (κ1) is 17.7. The Bertz CT molecular complexity index is 382. The fourth-order valence-electron chi connectivity index (χ4n) is 1.75. The minimum absolute atomic E-state index is 0. The summed E-state index contributed by atoms with van der Waals surface area (Å²) in [7, 11) is 3.47. The van der Waals surface area contributed by atoms with Crippen LogP contribution in [0.4, 0.5) is 0 Å². The fourth-order valence-corrected chi connectivity index (χ4v) is 1.75. The smallest absolute Gasteiger partial charge is 0.222 e. The van der Waals surface area contributed by atoms with Gasteiger partial charge in [-0.3, -0.25) is 4.79 Å². The maximum Gasteiger partial charge on any atom is 0.222 e. The van der Waals surface area contributed by atoms with Crippen molar-refractivity contribution in [3.8, 4) is 5.75 Å². The molecule has 0 radical (unpaired) electrons. The molecule has 0 heterocycles. The second kappa shape index (κ2) is 8.77. The Labute approximate surface area is 121 Å². The number of benzene rings is 1. The largest absolute Gasteiger partial charge is 0.497 e. The van der Waals surface area contributed by atoms with Gasteiger partial charge in [0.1, 0.15) is 5.75 Å². The monoisotopic (exact) mass is 286 g/mol. The predicted octanol–water partition coefficient (Wildman–Crippen LogP) is 2.38. The van der Waals surface area contributed by atoms with Crippen molar-refractivity contribution in [1.82, 2.24) is 4.90 Å². The molecule has 5 heteroatoms. The average molecular weight is 287 g/mol. The van der Waals surface area contributed by atoms with Gasteiger partial charge in [0.25, 0.3) is 0 Å². The normalized spacial score (nSPS) is 11.4.